The van der Waals surface area contributed by atoms with Crippen LogP contribution in [0.25, 0.3) is 10.9 Å². The first-order valence-corrected chi connectivity index (χ1v) is 4.88. The highest BCUT2D eigenvalue weighted by Crippen LogP contribution is 2.20. The predicted molar refractivity (Wildman–Crippen MR) is 59.0 cm³/mol. The maximum absolute atomic E-state index is 5.85. The molecule has 1 aromatic heterocycles. The fraction of sp³-hybridized carbons (Fsp3) is 0.364. The van der Waals surface area contributed by atoms with Gasteiger partial charge in [-0.25, -0.2) is 0 Å². The lowest BCUT2D eigenvalue weighted by atomic mass is 10.2. The third-order valence-corrected chi connectivity index (χ3v) is 2.26. The van der Waals surface area contributed by atoms with Gasteiger partial charge in [0.05, 0.1) is 11.7 Å². The molecule has 2 N–H and O–H groups in total. The summed E-state index contributed by atoms with van der Waals surface area (Å²) in [5, 5.41) is 5.38. The molecule has 14 heavy (non-hydrogen) atoms. The lowest BCUT2D eigenvalue weighted by Crippen LogP contribution is -2.05. The van der Waals surface area contributed by atoms with E-state index in [0.717, 1.165) is 23.1 Å². The molecule has 0 atom stereocenters. The maximum Gasteiger partial charge on any atom is 0.0703 e. The van der Waals surface area contributed by atoms with E-state index in [9.17, 15) is 0 Å². The second-order valence-electron chi connectivity index (χ2n) is 4.00. The summed E-state index contributed by atoms with van der Waals surface area (Å²) < 4.78 is 2.01. The van der Waals surface area contributed by atoms with E-state index in [1.54, 1.807) is 0 Å². The van der Waals surface area contributed by atoms with E-state index in [1.165, 1.54) is 0 Å². The molecule has 74 valence electrons. The van der Waals surface area contributed by atoms with Crippen LogP contribution < -0.4 is 5.73 Å². The third-order valence-electron chi connectivity index (χ3n) is 2.26. The van der Waals surface area contributed by atoms with Crippen LogP contribution in [0.1, 0.15) is 13.8 Å². The largest absolute Gasteiger partial charge is 0.398 e. The average Bonchev–Trinajstić information content (AvgIpc) is 2.49. The molecule has 0 unspecified atom stereocenters. The standard InChI is InChI=1S/C11H15N3/c1-8(2)7-14-11-5-3-4-10(12)9(11)6-13-14/h3-6,8H,7,12H2,1-2H3. The Labute approximate surface area is 83.5 Å². The van der Waals surface area contributed by atoms with Gasteiger partial charge in [0.15, 0.2) is 0 Å². The first kappa shape index (κ1) is 9.06. The van der Waals surface area contributed by atoms with Crippen LogP contribution in [0.5, 0.6) is 0 Å². The molecule has 0 fully saturated rings. The van der Waals surface area contributed by atoms with E-state index in [4.69, 9.17) is 5.73 Å². The van der Waals surface area contributed by atoms with Crippen molar-refractivity contribution >= 4 is 16.6 Å². The van der Waals surface area contributed by atoms with Crippen molar-refractivity contribution in [1.29, 1.82) is 0 Å². The minimum absolute atomic E-state index is 0.597. The van der Waals surface area contributed by atoms with Gasteiger partial charge in [0.25, 0.3) is 0 Å². The van der Waals surface area contributed by atoms with Crippen molar-refractivity contribution in [2.45, 2.75) is 20.4 Å². The van der Waals surface area contributed by atoms with Crippen LogP contribution in [-0.4, -0.2) is 9.78 Å². The number of benzene rings is 1. The molecule has 3 nitrogen and oxygen atoms in total. The number of fused-ring (bicyclic) bond motifs is 1. The van der Waals surface area contributed by atoms with Crippen molar-refractivity contribution in [1.82, 2.24) is 9.78 Å². The first-order chi connectivity index (χ1) is 6.68. The highest BCUT2D eigenvalue weighted by Gasteiger charge is 2.05. The molecule has 0 aliphatic rings. The Balaban J connectivity index is 2.52. The van der Waals surface area contributed by atoms with E-state index < -0.39 is 0 Å². The van der Waals surface area contributed by atoms with Crippen LogP contribution in [0.2, 0.25) is 0 Å². The van der Waals surface area contributed by atoms with Crippen LogP contribution in [0.15, 0.2) is 24.4 Å². The van der Waals surface area contributed by atoms with Crippen LogP contribution in [-0.2, 0) is 6.54 Å². The molecule has 2 aromatic rings. The molecule has 0 amide bonds. The molecular weight excluding hydrogens is 174 g/mol. The van der Waals surface area contributed by atoms with E-state index in [1.807, 2.05) is 23.0 Å². The molecule has 0 aliphatic heterocycles. The smallest absolute Gasteiger partial charge is 0.0703 e. The lowest BCUT2D eigenvalue weighted by Gasteiger charge is -2.06. The number of hydrogen-bond donors (Lipinski definition) is 1. The Bertz CT molecular complexity index is 443. The predicted octanol–water partition coefficient (Wildman–Crippen LogP) is 2.27. The van der Waals surface area contributed by atoms with Crippen molar-refractivity contribution in [2.24, 2.45) is 5.92 Å². The average molecular weight is 189 g/mol. The summed E-state index contributed by atoms with van der Waals surface area (Å²) >= 11 is 0. The molecule has 3 heteroatoms. The van der Waals surface area contributed by atoms with Crippen LogP contribution in [0.3, 0.4) is 0 Å². The summed E-state index contributed by atoms with van der Waals surface area (Å²) in [5.74, 6) is 0.597. The molecule has 0 bridgehead atoms. The normalized spacial score (nSPS) is 11.4. The fourth-order valence-corrected chi connectivity index (χ4v) is 1.62. The van der Waals surface area contributed by atoms with Gasteiger partial charge >= 0.3 is 0 Å². The van der Waals surface area contributed by atoms with E-state index in [2.05, 4.69) is 25.0 Å². The number of aromatic nitrogens is 2. The van der Waals surface area contributed by atoms with E-state index >= 15 is 0 Å². The number of hydrogen-bond acceptors (Lipinski definition) is 2. The van der Waals surface area contributed by atoms with Gasteiger partial charge in [0.1, 0.15) is 0 Å². The Morgan fingerprint density at radius 3 is 2.93 bits per heavy atom. The highest BCUT2D eigenvalue weighted by molar-refractivity contribution is 5.90. The molecule has 0 spiro atoms. The van der Waals surface area contributed by atoms with Crippen LogP contribution in [0, 0.1) is 5.92 Å². The van der Waals surface area contributed by atoms with Gasteiger partial charge in [0, 0.05) is 17.6 Å². The van der Waals surface area contributed by atoms with Gasteiger partial charge < -0.3 is 5.73 Å². The van der Waals surface area contributed by atoms with Crippen molar-refractivity contribution in [3.8, 4) is 0 Å². The van der Waals surface area contributed by atoms with Gasteiger partial charge in [-0.2, -0.15) is 5.10 Å². The SMILES string of the molecule is CC(C)Cn1ncc2c(N)cccc21. The second kappa shape index (κ2) is 3.33. The van der Waals surface area contributed by atoms with Crippen LogP contribution >= 0.6 is 0 Å². The van der Waals surface area contributed by atoms with Crippen molar-refractivity contribution in [3.05, 3.63) is 24.4 Å². The van der Waals surface area contributed by atoms with E-state index in [0.29, 0.717) is 5.92 Å². The highest BCUT2D eigenvalue weighted by atomic mass is 15.3. The molecule has 0 saturated heterocycles. The topological polar surface area (TPSA) is 43.8 Å². The molecule has 1 heterocycles. The molecule has 1 aromatic carbocycles. The van der Waals surface area contributed by atoms with Gasteiger partial charge in [-0.05, 0) is 18.1 Å². The minimum Gasteiger partial charge on any atom is -0.398 e. The van der Waals surface area contributed by atoms with Crippen molar-refractivity contribution < 1.29 is 0 Å². The number of nitrogen functional groups attached to an aromatic ring is 1. The number of nitrogens with two attached hydrogens (primary N) is 1. The third kappa shape index (κ3) is 1.45. The van der Waals surface area contributed by atoms with E-state index in [-0.39, 0.29) is 0 Å². The van der Waals surface area contributed by atoms with Gasteiger partial charge in [-0.15, -0.1) is 0 Å². The summed E-state index contributed by atoms with van der Waals surface area (Å²) in [6.45, 7) is 5.30. The Kier molecular flexibility index (Phi) is 2.15. The van der Waals surface area contributed by atoms with Crippen molar-refractivity contribution in [2.75, 3.05) is 5.73 Å². The summed E-state index contributed by atoms with van der Waals surface area (Å²) in [6, 6.07) is 5.93. The molecule has 0 aliphatic carbocycles. The van der Waals surface area contributed by atoms with Gasteiger partial charge in [-0.1, -0.05) is 19.9 Å². The molecule has 0 radical (unpaired) electrons. The molecule has 2 rings (SSSR count). The number of anilines is 1. The Hall–Kier alpha value is -1.51. The first-order valence-electron chi connectivity index (χ1n) is 4.88. The summed E-state index contributed by atoms with van der Waals surface area (Å²) in [5.41, 5.74) is 7.77. The number of rotatable bonds is 2. The zero-order valence-electron chi connectivity index (χ0n) is 8.57. The summed E-state index contributed by atoms with van der Waals surface area (Å²) in [7, 11) is 0. The summed E-state index contributed by atoms with van der Waals surface area (Å²) in [6.07, 6.45) is 1.84. The monoisotopic (exact) mass is 189 g/mol. The quantitative estimate of drug-likeness (QED) is 0.736. The summed E-state index contributed by atoms with van der Waals surface area (Å²) in [4.78, 5) is 0. The molecule has 0 saturated carbocycles. The fourth-order valence-electron chi connectivity index (χ4n) is 1.62. The Morgan fingerprint density at radius 1 is 1.43 bits per heavy atom. The zero-order chi connectivity index (χ0) is 10.1. The molecular formula is C11H15N3. The lowest BCUT2D eigenvalue weighted by molar-refractivity contribution is 0.495. The Morgan fingerprint density at radius 2 is 2.21 bits per heavy atom. The minimum atomic E-state index is 0.597. The zero-order valence-corrected chi connectivity index (χ0v) is 8.57. The second-order valence-corrected chi connectivity index (χ2v) is 4.00. The maximum atomic E-state index is 5.85. The van der Waals surface area contributed by atoms with Gasteiger partial charge in [0.2, 0.25) is 0 Å². The van der Waals surface area contributed by atoms with Gasteiger partial charge in [-0.3, -0.25) is 4.68 Å². The van der Waals surface area contributed by atoms with Crippen molar-refractivity contribution in [3.63, 3.8) is 0 Å². The van der Waals surface area contributed by atoms with Crippen LogP contribution in [0.4, 0.5) is 5.69 Å². The number of nitrogens with zero attached hydrogens (tertiary/aromatic N) is 2.